The zero-order valence-electron chi connectivity index (χ0n) is 15.1. The van der Waals surface area contributed by atoms with E-state index in [1.807, 2.05) is 0 Å². The molecule has 156 valence electrons. The zero-order chi connectivity index (χ0) is 21.4. The van der Waals surface area contributed by atoms with Crippen LogP contribution in [0.5, 0.6) is 0 Å². The van der Waals surface area contributed by atoms with E-state index in [0.29, 0.717) is 0 Å². The maximum Gasteiger partial charge on any atom is 0.409 e. The second kappa shape index (κ2) is 7.73. The molecular formula is C18H17F7O3. The molecule has 0 bridgehead atoms. The van der Waals surface area contributed by atoms with Crippen LogP contribution in [-0.2, 0) is 27.5 Å². The van der Waals surface area contributed by atoms with Gasteiger partial charge in [0.2, 0.25) is 0 Å². The highest BCUT2D eigenvalue weighted by molar-refractivity contribution is 5.78. The molecule has 0 radical (unpaired) electrons. The summed E-state index contributed by atoms with van der Waals surface area (Å²) in [7, 11) is 1.07. The maximum absolute atomic E-state index is 14.0. The molecule has 1 saturated carbocycles. The van der Waals surface area contributed by atoms with Gasteiger partial charge in [-0.15, -0.1) is 0 Å². The zero-order valence-corrected chi connectivity index (χ0v) is 15.1. The first-order chi connectivity index (χ1) is 12.8. The van der Waals surface area contributed by atoms with Crippen molar-refractivity contribution in [2.75, 3.05) is 7.11 Å². The monoisotopic (exact) mass is 414 g/mol. The van der Waals surface area contributed by atoms with E-state index >= 15 is 0 Å². The van der Waals surface area contributed by atoms with Crippen LogP contribution in [0.15, 0.2) is 12.2 Å². The molecular weight excluding hydrogens is 397 g/mol. The first-order valence-electron chi connectivity index (χ1n) is 8.08. The van der Waals surface area contributed by atoms with Crippen LogP contribution in [0.3, 0.4) is 0 Å². The van der Waals surface area contributed by atoms with Crippen LogP contribution in [0, 0.1) is 40.5 Å². The molecule has 0 spiro atoms. The van der Waals surface area contributed by atoms with Crippen LogP contribution < -0.4 is 0 Å². The minimum Gasteiger partial charge on any atom is -0.460 e. The Labute approximate surface area is 156 Å². The number of carbonyl (C=O) groups is 1. The number of benzene rings is 1. The Morgan fingerprint density at radius 2 is 1.46 bits per heavy atom. The number of hydrogen-bond acceptors (Lipinski definition) is 3. The fraction of sp³-hybridized carbons (Fsp3) is 0.500. The third-order valence-corrected chi connectivity index (χ3v) is 4.75. The number of esters is 1. The van der Waals surface area contributed by atoms with E-state index in [1.54, 1.807) is 0 Å². The topological polar surface area (TPSA) is 35.5 Å². The molecule has 2 unspecified atom stereocenters. The highest BCUT2D eigenvalue weighted by Gasteiger charge is 2.61. The molecule has 0 heterocycles. The molecule has 1 aromatic carbocycles. The van der Waals surface area contributed by atoms with Crippen molar-refractivity contribution in [2.45, 2.75) is 33.2 Å². The van der Waals surface area contributed by atoms with E-state index in [9.17, 15) is 35.5 Å². The SMILES string of the molecule is COCc1c(F)c(F)c(COC(=O)C2C(C=CC(F)(F)F)C2(C)C)c(F)c1F. The van der Waals surface area contributed by atoms with E-state index in [4.69, 9.17) is 4.74 Å². The van der Waals surface area contributed by atoms with Crippen molar-refractivity contribution in [1.82, 2.24) is 0 Å². The third-order valence-electron chi connectivity index (χ3n) is 4.75. The number of halogens is 7. The molecule has 0 N–H and O–H groups in total. The van der Waals surface area contributed by atoms with Crippen LogP contribution in [0.25, 0.3) is 0 Å². The van der Waals surface area contributed by atoms with Gasteiger partial charge in [0, 0.05) is 13.2 Å². The molecule has 1 aromatic rings. The lowest BCUT2D eigenvalue weighted by molar-refractivity contribution is -0.147. The predicted molar refractivity (Wildman–Crippen MR) is 82.7 cm³/mol. The normalized spacial score (nSPS) is 21.2. The smallest absolute Gasteiger partial charge is 0.409 e. The number of carbonyl (C=O) groups excluding carboxylic acids is 1. The van der Waals surface area contributed by atoms with Gasteiger partial charge in [0.1, 0.15) is 6.61 Å². The fourth-order valence-corrected chi connectivity index (χ4v) is 3.05. The Kier molecular flexibility index (Phi) is 6.13. The molecule has 0 aromatic heterocycles. The second-order valence-corrected chi connectivity index (χ2v) is 6.98. The van der Waals surface area contributed by atoms with Crippen molar-refractivity contribution in [3.8, 4) is 0 Å². The van der Waals surface area contributed by atoms with Crippen molar-refractivity contribution >= 4 is 5.97 Å². The number of methoxy groups -OCH3 is 1. The number of alkyl halides is 3. The number of ether oxygens (including phenoxy) is 2. The molecule has 28 heavy (non-hydrogen) atoms. The van der Waals surface area contributed by atoms with E-state index < -0.39 is 77.0 Å². The minimum absolute atomic E-state index is 0.00862. The molecule has 0 aliphatic heterocycles. The number of hydrogen-bond donors (Lipinski definition) is 0. The van der Waals surface area contributed by atoms with Crippen LogP contribution in [0.4, 0.5) is 30.7 Å². The molecule has 2 rings (SSSR count). The summed E-state index contributed by atoms with van der Waals surface area (Å²) in [6, 6.07) is 0. The Morgan fingerprint density at radius 3 is 1.89 bits per heavy atom. The van der Waals surface area contributed by atoms with Gasteiger partial charge in [0.15, 0.2) is 23.3 Å². The molecule has 3 nitrogen and oxygen atoms in total. The molecule has 2 atom stereocenters. The van der Waals surface area contributed by atoms with Crippen molar-refractivity contribution in [3.05, 3.63) is 46.5 Å². The summed E-state index contributed by atoms with van der Waals surface area (Å²) < 4.78 is 102. The lowest BCUT2D eigenvalue weighted by Gasteiger charge is -2.12. The number of allylic oxidation sites excluding steroid dienone is 2. The highest BCUT2D eigenvalue weighted by atomic mass is 19.4. The fourth-order valence-electron chi connectivity index (χ4n) is 3.05. The van der Waals surface area contributed by atoms with Gasteiger partial charge in [-0.3, -0.25) is 4.79 Å². The summed E-state index contributed by atoms with van der Waals surface area (Å²) in [6.07, 6.45) is -3.75. The Bertz CT molecular complexity index is 770. The second-order valence-electron chi connectivity index (χ2n) is 6.98. The van der Waals surface area contributed by atoms with E-state index in [-0.39, 0.29) is 6.08 Å². The Balaban J connectivity index is 2.15. The van der Waals surface area contributed by atoms with Crippen LogP contribution in [-0.4, -0.2) is 19.3 Å². The predicted octanol–water partition coefficient (Wildman–Crippen LogP) is 4.82. The van der Waals surface area contributed by atoms with E-state index in [1.165, 1.54) is 13.8 Å². The quantitative estimate of drug-likeness (QED) is 0.290. The molecule has 1 aliphatic rings. The van der Waals surface area contributed by atoms with Gasteiger partial charge in [0.05, 0.1) is 23.7 Å². The summed E-state index contributed by atoms with van der Waals surface area (Å²) in [5.74, 6) is -9.63. The summed E-state index contributed by atoms with van der Waals surface area (Å²) in [6.45, 7) is 1.21. The molecule has 10 heteroatoms. The van der Waals surface area contributed by atoms with Crippen LogP contribution >= 0.6 is 0 Å². The van der Waals surface area contributed by atoms with Crippen LogP contribution in [0.1, 0.15) is 25.0 Å². The molecule has 0 saturated heterocycles. The largest absolute Gasteiger partial charge is 0.460 e. The van der Waals surface area contributed by atoms with Gasteiger partial charge < -0.3 is 9.47 Å². The highest BCUT2D eigenvalue weighted by Crippen LogP contribution is 2.59. The summed E-state index contributed by atoms with van der Waals surface area (Å²) in [4.78, 5) is 12.1. The lowest BCUT2D eigenvalue weighted by atomic mass is 10.1. The Hall–Kier alpha value is -2.10. The first-order valence-corrected chi connectivity index (χ1v) is 8.08. The van der Waals surface area contributed by atoms with Crippen molar-refractivity contribution in [2.24, 2.45) is 17.3 Å². The van der Waals surface area contributed by atoms with Gasteiger partial charge in [-0.2, -0.15) is 13.2 Å². The maximum atomic E-state index is 14.0. The van der Waals surface area contributed by atoms with E-state index in [2.05, 4.69) is 4.74 Å². The van der Waals surface area contributed by atoms with Crippen molar-refractivity contribution in [1.29, 1.82) is 0 Å². The molecule has 1 fully saturated rings. The van der Waals surface area contributed by atoms with Gasteiger partial charge in [-0.25, -0.2) is 17.6 Å². The average molecular weight is 414 g/mol. The summed E-state index contributed by atoms with van der Waals surface area (Å²) in [5, 5.41) is 0. The van der Waals surface area contributed by atoms with Gasteiger partial charge in [-0.05, 0) is 11.3 Å². The van der Waals surface area contributed by atoms with Crippen LogP contribution in [0.2, 0.25) is 0 Å². The average Bonchev–Trinajstić information content (AvgIpc) is 3.15. The molecule has 0 amide bonds. The minimum atomic E-state index is -4.56. The van der Waals surface area contributed by atoms with Crippen molar-refractivity contribution in [3.63, 3.8) is 0 Å². The molecule has 1 aliphatic carbocycles. The van der Waals surface area contributed by atoms with Gasteiger partial charge >= 0.3 is 12.1 Å². The number of rotatable bonds is 6. The van der Waals surface area contributed by atoms with Gasteiger partial charge in [-0.1, -0.05) is 19.9 Å². The van der Waals surface area contributed by atoms with E-state index in [0.717, 1.165) is 13.2 Å². The first kappa shape index (κ1) is 22.2. The lowest BCUT2D eigenvalue weighted by Crippen LogP contribution is -2.15. The standard InChI is InChI=1S/C18H17F7O3/c1-17(2)10(4-5-18(23,24)25)11(17)16(26)28-7-9-14(21)12(19)8(6-27-3)13(20)15(9)22/h4-5,10-11H,6-7H2,1-3H3. The Morgan fingerprint density at radius 1 is 1.00 bits per heavy atom. The van der Waals surface area contributed by atoms with Crippen molar-refractivity contribution < 1.29 is 45.0 Å². The summed E-state index contributed by atoms with van der Waals surface area (Å²) in [5.41, 5.74) is -2.95. The third kappa shape index (κ3) is 4.31. The van der Waals surface area contributed by atoms with Gasteiger partial charge in [0.25, 0.3) is 0 Å². The summed E-state index contributed by atoms with van der Waals surface area (Å²) >= 11 is 0.